The highest BCUT2D eigenvalue weighted by atomic mass is 32.2. The second kappa shape index (κ2) is 6.66. The van der Waals surface area contributed by atoms with Crippen molar-refractivity contribution in [2.75, 3.05) is 26.1 Å². The predicted octanol–water partition coefficient (Wildman–Crippen LogP) is 2.08. The second-order valence-electron chi connectivity index (χ2n) is 3.27. The Morgan fingerprint density at radius 2 is 2.12 bits per heavy atom. The molecule has 0 heterocycles. The third kappa shape index (κ3) is 4.05. The van der Waals surface area contributed by atoms with Crippen LogP contribution in [-0.4, -0.2) is 31.3 Å². The van der Waals surface area contributed by atoms with Crippen LogP contribution in [0.3, 0.4) is 0 Å². The molecule has 0 saturated heterocycles. The topological polar surface area (TPSA) is 47.6 Å². The normalized spacial score (nSPS) is 10.2. The summed E-state index contributed by atoms with van der Waals surface area (Å²) in [5, 5.41) is 3.10. The molecule has 0 spiro atoms. The second-order valence-corrected chi connectivity index (χ2v) is 4.92. The summed E-state index contributed by atoms with van der Waals surface area (Å²) in [6, 6.07) is 5.03. The number of carbonyl (C=O) groups is 1. The molecule has 0 amide bonds. The summed E-state index contributed by atoms with van der Waals surface area (Å²) in [6.07, 6.45) is 0. The van der Waals surface area contributed by atoms with Gasteiger partial charge in [0.2, 0.25) is 0 Å². The molecule has 1 aromatic rings. The van der Waals surface area contributed by atoms with E-state index < -0.39 is 0 Å². The Kier molecular flexibility index (Phi) is 5.50. The molecule has 17 heavy (non-hydrogen) atoms. The number of benzene rings is 1. The average Bonchev–Trinajstić information content (AvgIpc) is 2.34. The molecule has 6 heteroatoms. The van der Waals surface area contributed by atoms with E-state index in [9.17, 15) is 4.79 Å². The van der Waals surface area contributed by atoms with Crippen molar-refractivity contribution >= 4 is 36.9 Å². The van der Waals surface area contributed by atoms with E-state index in [-0.39, 0.29) is 10.6 Å². The highest BCUT2D eigenvalue weighted by Crippen LogP contribution is 2.26. The molecule has 0 unspecified atom stereocenters. The van der Waals surface area contributed by atoms with Crippen molar-refractivity contribution in [1.82, 2.24) is 0 Å². The van der Waals surface area contributed by atoms with Crippen LogP contribution in [0.1, 0.15) is 10.4 Å². The first-order valence-corrected chi connectivity index (χ1v) is 5.98. The minimum absolute atomic E-state index is 0.0958. The molecule has 1 rings (SSSR count). The van der Waals surface area contributed by atoms with Crippen LogP contribution in [0.5, 0.6) is 5.75 Å². The number of rotatable bonds is 5. The number of hydrogen-bond donors (Lipinski definition) is 3. The third-order valence-electron chi connectivity index (χ3n) is 2.10. The quantitative estimate of drug-likeness (QED) is 0.437. The number of anilines is 1. The summed E-state index contributed by atoms with van der Waals surface area (Å²) < 4.78 is 9.74. The Balaban J connectivity index is 2.93. The van der Waals surface area contributed by atoms with Crippen LogP contribution in [0.15, 0.2) is 18.2 Å². The molecule has 0 bridgehead atoms. The standard InChI is InChI=1S/C11H15NO3S2/c1-14-9-4-3-7(11(13)15-2)5-8(9)12-6-10(16)17/h3-5,10,12,16-17H,6H2,1-2H3. The van der Waals surface area contributed by atoms with Gasteiger partial charge in [-0.15, -0.1) is 0 Å². The Bertz CT molecular complexity index is 396. The zero-order chi connectivity index (χ0) is 12.8. The third-order valence-corrected chi connectivity index (χ3v) is 2.46. The highest BCUT2D eigenvalue weighted by molar-refractivity contribution is 7.99. The van der Waals surface area contributed by atoms with E-state index in [4.69, 9.17) is 4.74 Å². The summed E-state index contributed by atoms with van der Waals surface area (Å²) >= 11 is 8.29. The fourth-order valence-corrected chi connectivity index (χ4v) is 1.47. The fraction of sp³-hybridized carbons (Fsp3) is 0.364. The van der Waals surface area contributed by atoms with Crippen LogP contribution in [0.25, 0.3) is 0 Å². The van der Waals surface area contributed by atoms with Crippen molar-refractivity contribution in [3.05, 3.63) is 23.8 Å². The molecule has 0 radical (unpaired) electrons. The first-order chi connectivity index (χ1) is 8.08. The van der Waals surface area contributed by atoms with Crippen molar-refractivity contribution in [1.29, 1.82) is 0 Å². The summed E-state index contributed by atoms with van der Waals surface area (Å²) in [5.74, 6) is 0.268. The van der Waals surface area contributed by atoms with Crippen LogP contribution in [0.4, 0.5) is 5.69 Å². The highest BCUT2D eigenvalue weighted by Gasteiger charge is 2.10. The first kappa shape index (κ1) is 14.1. The Hall–Kier alpha value is -1.01. The molecule has 0 atom stereocenters. The van der Waals surface area contributed by atoms with Crippen LogP contribution in [0.2, 0.25) is 0 Å². The number of carbonyl (C=O) groups excluding carboxylic acids is 1. The lowest BCUT2D eigenvalue weighted by Gasteiger charge is -2.13. The van der Waals surface area contributed by atoms with Gasteiger partial charge in [-0.05, 0) is 18.2 Å². The van der Waals surface area contributed by atoms with E-state index in [1.165, 1.54) is 7.11 Å². The van der Waals surface area contributed by atoms with Crippen molar-refractivity contribution in [3.8, 4) is 5.75 Å². The monoisotopic (exact) mass is 273 g/mol. The molecule has 0 saturated carbocycles. The molecule has 0 fully saturated rings. The lowest BCUT2D eigenvalue weighted by molar-refractivity contribution is 0.0601. The van der Waals surface area contributed by atoms with Crippen LogP contribution in [0, 0.1) is 0 Å². The SMILES string of the molecule is COC(=O)c1ccc(OC)c(NCC(S)S)c1. The van der Waals surface area contributed by atoms with E-state index >= 15 is 0 Å². The summed E-state index contributed by atoms with van der Waals surface area (Å²) in [5.41, 5.74) is 1.18. The fourth-order valence-electron chi connectivity index (χ4n) is 1.29. The van der Waals surface area contributed by atoms with Crippen molar-refractivity contribution in [2.45, 2.75) is 4.58 Å². The number of hydrogen-bond acceptors (Lipinski definition) is 6. The van der Waals surface area contributed by atoms with Gasteiger partial charge in [-0.3, -0.25) is 0 Å². The molecular weight excluding hydrogens is 258 g/mol. The predicted molar refractivity (Wildman–Crippen MR) is 74.6 cm³/mol. The van der Waals surface area contributed by atoms with E-state index in [1.54, 1.807) is 25.3 Å². The zero-order valence-electron chi connectivity index (χ0n) is 9.64. The molecule has 0 aliphatic rings. The van der Waals surface area contributed by atoms with Gasteiger partial charge in [0, 0.05) is 6.54 Å². The number of nitrogens with one attached hydrogen (secondary N) is 1. The molecule has 1 aromatic carbocycles. The Morgan fingerprint density at radius 1 is 1.41 bits per heavy atom. The number of ether oxygens (including phenoxy) is 2. The molecule has 0 aromatic heterocycles. The average molecular weight is 273 g/mol. The van der Waals surface area contributed by atoms with Gasteiger partial charge in [0.25, 0.3) is 0 Å². The lowest BCUT2D eigenvalue weighted by Crippen LogP contribution is -2.11. The molecule has 1 N–H and O–H groups in total. The van der Waals surface area contributed by atoms with Gasteiger partial charge in [0.05, 0.1) is 30.1 Å². The Labute approximate surface area is 112 Å². The van der Waals surface area contributed by atoms with Gasteiger partial charge in [0.15, 0.2) is 0 Å². The summed E-state index contributed by atoms with van der Waals surface area (Å²) in [4.78, 5) is 11.4. The van der Waals surface area contributed by atoms with E-state index in [0.717, 1.165) is 0 Å². The summed E-state index contributed by atoms with van der Waals surface area (Å²) in [6.45, 7) is 0.549. The minimum atomic E-state index is -0.385. The number of thiol groups is 2. The van der Waals surface area contributed by atoms with Gasteiger partial charge in [-0.25, -0.2) is 4.79 Å². The van der Waals surface area contributed by atoms with Crippen molar-refractivity contribution in [2.24, 2.45) is 0 Å². The number of methoxy groups -OCH3 is 2. The van der Waals surface area contributed by atoms with Gasteiger partial charge >= 0.3 is 5.97 Å². The lowest BCUT2D eigenvalue weighted by atomic mass is 10.2. The van der Waals surface area contributed by atoms with Gasteiger partial charge < -0.3 is 14.8 Å². The van der Waals surface area contributed by atoms with E-state index in [1.807, 2.05) is 0 Å². The van der Waals surface area contributed by atoms with Gasteiger partial charge in [-0.1, -0.05) is 0 Å². The minimum Gasteiger partial charge on any atom is -0.495 e. The molecule has 4 nitrogen and oxygen atoms in total. The maximum Gasteiger partial charge on any atom is 0.337 e. The largest absolute Gasteiger partial charge is 0.495 e. The van der Waals surface area contributed by atoms with Crippen LogP contribution >= 0.6 is 25.3 Å². The zero-order valence-corrected chi connectivity index (χ0v) is 11.4. The maximum absolute atomic E-state index is 11.4. The maximum atomic E-state index is 11.4. The van der Waals surface area contributed by atoms with Gasteiger partial charge in [-0.2, -0.15) is 25.3 Å². The van der Waals surface area contributed by atoms with Crippen molar-refractivity contribution < 1.29 is 14.3 Å². The molecule has 94 valence electrons. The molecular formula is C11H15NO3S2. The first-order valence-electron chi connectivity index (χ1n) is 4.95. The Morgan fingerprint density at radius 3 is 2.65 bits per heavy atom. The van der Waals surface area contributed by atoms with Crippen LogP contribution < -0.4 is 10.1 Å². The van der Waals surface area contributed by atoms with E-state index in [0.29, 0.717) is 23.5 Å². The number of esters is 1. The smallest absolute Gasteiger partial charge is 0.337 e. The molecule has 0 aliphatic carbocycles. The van der Waals surface area contributed by atoms with Crippen molar-refractivity contribution in [3.63, 3.8) is 0 Å². The van der Waals surface area contributed by atoms with Gasteiger partial charge in [0.1, 0.15) is 5.75 Å². The van der Waals surface area contributed by atoms with Crippen LogP contribution in [-0.2, 0) is 4.74 Å². The van der Waals surface area contributed by atoms with E-state index in [2.05, 4.69) is 35.3 Å². The summed E-state index contributed by atoms with van der Waals surface area (Å²) in [7, 11) is 2.91. The molecule has 0 aliphatic heterocycles.